The lowest BCUT2D eigenvalue weighted by molar-refractivity contribution is 0.604. The lowest BCUT2D eigenvalue weighted by atomic mass is 10.2. The third-order valence-corrected chi connectivity index (χ3v) is 1.62. The van der Waals surface area contributed by atoms with Gasteiger partial charge in [0.1, 0.15) is 0 Å². The van der Waals surface area contributed by atoms with E-state index >= 15 is 0 Å². The number of nitrogens with zero attached hydrogens (tertiary/aromatic N) is 2. The lowest BCUT2D eigenvalue weighted by Gasteiger charge is -2.09. The monoisotopic (exact) mass is 161 g/mol. The average Bonchev–Trinajstić information content (AvgIpc) is 2.15. The van der Waals surface area contributed by atoms with Crippen LogP contribution in [0.25, 0.3) is 0 Å². The molecular weight excluding hydrogens is 150 g/mol. The Morgan fingerprint density at radius 1 is 1.67 bits per heavy atom. The second kappa shape index (κ2) is 4.47. The molecule has 0 amide bonds. The third kappa shape index (κ3) is 2.33. The molecule has 0 radical (unpaired) electrons. The molecule has 0 aromatic carbocycles. The maximum Gasteiger partial charge on any atom is 0.0846 e. The first-order valence-corrected chi connectivity index (χ1v) is 3.86. The molecule has 1 N–H and O–H groups in total. The summed E-state index contributed by atoms with van der Waals surface area (Å²) in [5.41, 5.74) is 0.966. The maximum atomic E-state index is 8.33. The van der Waals surface area contributed by atoms with E-state index in [4.69, 9.17) is 5.26 Å². The van der Waals surface area contributed by atoms with Gasteiger partial charge < -0.3 is 0 Å². The highest BCUT2D eigenvalue weighted by molar-refractivity contribution is 5.07. The summed E-state index contributed by atoms with van der Waals surface area (Å²) in [6.07, 6.45) is 1.75. The summed E-state index contributed by atoms with van der Waals surface area (Å²) in [5.74, 6) is 0. The van der Waals surface area contributed by atoms with E-state index in [-0.39, 0.29) is 6.04 Å². The van der Waals surface area contributed by atoms with E-state index in [1.807, 2.05) is 31.2 Å². The standard InChI is InChI=1S/C9H11N3/c1-8(11-7-5-10)9-4-2-3-6-12-9/h2-4,6,8,11H,7H2,1H3. The molecule has 0 saturated carbocycles. The molecule has 0 aliphatic carbocycles. The van der Waals surface area contributed by atoms with Crippen LogP contribution in [0.5, 0.6) is 0 Å². The minimum Gasteiger partial charge on any atom is -0.296 e. The molecule has 1 atom stereocenters. The van der Waals surface area contributed by atoms with E-state index in [9.17, 15) is 0 Å². The van der Waals surface area contributed by atoms with Gasteiger partial charge in [0.05, 0.1) is 18.3 Å². The number of aromatic nitrogens is 1. The largest absolute Gasteiger partial charge is 0.296 e. The van der Waals surface area contributed by atoms with Gasteiger partial charge in [-0.25, -0.2) is 0 Å². The zero-order chi connectivity index (χ0) is 8.81. The first-order valence-electron chi connectivity index (χ1n) is 3.86. The number of rotatable bonds is 3. The quantitative estimate of drug-likeness (QED) is 0.679. The second-order valence-corrected chi connectivity index (χ2v) is 2.52. The molecule has 3 heteroatoms. The zero-order valence-corrected chi connectivity index (χ0v) is 6.99. The first kappa shape index (κ1) is 8.69. The van der Waals surface area contributed by atoms with Crippen molar-refractivity contribution in [2.24, 2.45) is 0 Å². The number of pyridine rings is 1. The molecule has 62 valence electrons. The molecule has 3 nitrogen and oxygen atoms in total. The molecule has 1 aromatic heterocycles. The normalized spacial score (nSPS) is 12.0. The molecule has 1 aromatic rings. The van der Waals surface area contributed by atoms with E-state index in [1.54, 1.807) is 6.20 Å². The fraction of sp³-hybridized carbons (Fsp3) is 0.333. The molecule has 12 heavy (non-hydrogen) atoms. The first-order chi connectivity index (χ1) is 5.84. The molecule has 1 rings (SSSR count). The van der Waals surface area contributed by atoms with E-state index in [2.05, 4.69) is 10.3 Å². The highest BCUT2D eigenvalue weighted by Gasteiger charge is 2.02. The van der Waals surface area contributed by atoms with E-state index < -0.39 is 0 Å². The highest BCUT2D eigenvalue weighted by Crippen LogP contribution is 2.06. The van der Waals surface area contributed by atoms with Crippen LogP contribution in [0.3, 0.4) is 0 Å². The highest BCUT2D eigenvalue weighted by atomic mass is 14.9. The minimum absolute atomic E-state index is 0.144. The topological polar surface area (TPSA) is 48.7 Å². The number of hydrogen-bond acceptors (Lipinski definition) is 3. The molecule has 0 fully saturated rings. The Hall–Kier alpha value is -1.40. The van der Waals surface area contributed by atoms with Crippen molar-refractivity contribution in [2.45, 2.75) is 13.0 Å². The summed E-state index contributed by atoms with van der Waals surface area (Å²) in [6, 6.07) is 7.93. The summed E-state index contributed by atoms with van der Waals surface area (Å²) in [4.78, 5) is 4.16. The van der Waals surface area contributed by atoms with Crippen molar-refractivity contribution in [3.63, 3.8) is 0 Å². The summed E-state index contributed by atoms with van der Waals surface area (Å²) >= 11 is 0. The van der Waals surface area contributed by atoms with Gasteiger partial charge in [-0.2, -0.15) is 5.26 Å². The Labute approximate surface area is 72.1 Å². The molecule has 0 aliphatic heterocycles. The van der Waals surface area contributed by atoms with Crippen molar-refractivity contribution >= 4 is 0 Å². The van der Waals surface area contributed by atoms with Gasteiger partial charge in [-0.05, 0) is 19.1 Å². The summed E-state index contributed by atoms with van der Waals surface area (Å²) in [6.45, 7) is 2.34. The Morgan fingerprint density at radius 3 is 3.08 bits per heavy atom. The number of hydrogen-bond donors (Lipinski definition) is 1. The summed E-state index contributed by atoms with van der Waals surface area (Å²) in [7, 11) is 0. The average molecular weight is 161 g/mol. The molecule has 0 spiro atoms. The molecule has 1 heterocycles. The molecule has 0 saturated heterocycles. The van der Waals surface area contributed by atoms with Gasteiger partial charge in [-0.3, -0.25) is 10.3 Å². The van der Waals surface area contributed by atoms with Crippen molar-refractivity contribution in [1.82, 2.24) is 10.3 Å². The fourth-order valence-corrected chi connectivity index (χ4v) is 0.935. The van der Waals surface area contributed by atoms with E-state index in [1.165, 1.54) is 0 Å². The van der Waals surface area contributed by atoms with E-state index in [0.29, 0.717) is 6.54 Å². The van der Waals surface area contributed by atoms with Crippen LogP contribution in [0.2, 0.25) is 0 Å². The van der Waals surface area contributed by atoms with Gasteiger partial charge in [0.25, 0.3) is 0 Å². The predicted octanol–water partition coefficient (Wildman–Crippen LogP) is 1.26. The molecule has 1 unspecified atom stereocenters. The maximum absolute atomic E-state index is 8.33. The van der Waals surface area contributed by atoms with Gasteiger partial charge >= 0.3 is 0 Å². The predicted molar refractivity (Wildman–Crippen MR) is 46.3 cm³/mol. The van der Waals surface area contributed by atoms with Crippen LogP contribution >= 0.6 is 0 Å². The SMILES string of the molecule is CC(NCC#N)c1ccccn1. The van der Waals surface area contributed by atoms with Gasteiger partial charge in [0.2, 0.25) is 0 Å². The van der Waals surface area contributed by atoms with Gasteiger partial charge in [-0.15, -0.1) is 0 Å². The smallest absolute Gasteiger partial charge is 0.0846 e. The van der Waals surface area contributed by atoms with Crippen LogP contribution in [0.1, 0.15) is 18.7 Å². The van der Waals surface area contributed by atoms with Crippen molar-refractivity contribution in [3.8, 4) is 6.07 Å². The Balaban J connectivity index is 2.55. The molecular formula is C9H11N3. The van der Waals surface area contributed by atoms with Gasteiger partial charge in [0, 0.05) is 12.2 Å². The van der Waals surface area contributed by atoms with Crippen LogP contribution < -0.4 is 5.32 Å². The van der Waals surface area contributed by atoms with Crippen molar-refractivity contribution in [3.05, 3.63) is 30.1 Å². The van der Waals surface area contributed by atoms with Gasteiger partial charge in [0.15, 0.2) is 0 Å². The summed E-state index contributed by atoms with van der Waals surface area (Å²) in [5, 5.41) is 11.4. The van der Waals surface area contributed by atoms with Crippen LogP contribution in [0.15, 0.2) is 24.4 Å². The van der Waals surface area contributed by atoms with Crippen LogP contribution in [-0.4, -0.2) is 11.5 Å². The number of nitriles is 1. The summed E-state index contributed by atoms with van der Waals surface area (Å²) < 4.78 is 0. The van der Waals surface area contributed by atoms with Crippen molar-refractivity contribution in [1.29, 1.82) is 5.26 Å². The van der Waals surface area contributed by atoms with Crippen molar-refractivity contribution in [2.75, 3.05) is 6.54 Å². The minimum atomic E-state index is 0.144. The van der Waals surface area contributed by atoms with Gasteiger partial charge in [-0.1, -0.05) is 6.07 Å². The molecule has 0 bridgehead atoms. The Morgan fingerprint density at radius 2 is 2.50 bits per heavy atom. The van der Waals surface area contributed by atoms with Crippen LogP contribution in [-0.2, 0) is 0 Å². The molecule has 0 aliphatic rings. The fourth-order valence-electron chi connectivity index (χ4n) is 0.935. The third-order valence-electron chi connectivity index (χ3n) is 1.62. The second-order valence-electron chi connectivity index (χ2n) is 2.52. The van der Waals surface area contributed by atoms with Crippen LogP contribution in [0, 0.1) is 11.3 Å². The Kier molecular flexibility index (Phi) is 3.24. The Bertz CT molecular complexity index is 263. The number of nitrogens with one attached hydrogen (secondary N) is 1. The van der Waals surface area contributed by atoms with E-state index in [0.717, 1.165) is 5.69 Å². The van der Waals surface area contributed by atoms with Crippen molar-refractivity contribution < 1.29 is 0 Å². The zero-order valence-electron chi connectivity index (χ0n) is 6.99. The van der Waals surface area contributed by atoms with Crippen LogP contribution in [0.4, 0.5) is 0 Å². The lowest BCUT2D eigenvalue weighted by Crippen LogP contribution is -2.19.